The molecule has 10 N–H and O–H groups in total. The van der Waals surface area contributed by atoms with E-state index in [-0.39, 0.29) is 25.0 Å². The molecule has 156 valence electrons. The summed E-state index contributed by atoms with van der Waals surface area (Å²) in [5.41, 5.74) is 27.6. The zero-order valence-electron chi connectivity index (χ0n) is 16.6. The van der Waals surface area contributed by atoms with E-state index in [1.807, 2.05) is 0 Å². The van der Waals surface area contributed by atoms with Crippen LogP contribution in [0.15, 0.2) is 36.4 Å². The number of rotatable bonds is 8. The molecule has 2 aromatic carbocycles. The molecule has 0 fully saturated rings. The number of nitrogens with one attached hydrogen (secondary N) is 2. The van der Waals surface area contributed by atoms with E-state index in [9.17, 15) is 9.59 Å². The molecule has 2 aromatic rings. The lowest BCUT2D eigenvalue weighted by Crippen LogP contribution is -2.24. The van der Waals surface area contributed by atoms with Crippen molar-refractivity contribution in [3.63, 3.8) is 0 Å². The number of carbonyl (C=O) groups excluding carboxylic acids is 2. The van der Waals surface area contributed by atoms with Gasteiger partial charge in [0, 0.05) is 36.6 Å². The number of nitrogen functional groups attached to an aromatic ring is 2. The average molecular weight is 400 g/mol. The summed E-state index contributed by atoms with van der Waals surface area (Å²) >= 11 is 0. The van der Waals surface area contributed by atoms with Crippen molar-refractivity contribution in [1.82, 2.24) is 0 Å². The van der Waals surface area contributed by atoms with Crippen LogP contribution in [0.4, 0.5) is 22.7 Å². The van der Waals surface area contributed by atoms with Crippen molar-refractivity contribution in [2.24, 2.45) is 11.5 Å². The molecule has 0 aliphatic carbocycles. The van der Waals surface area contributed by atoms with Crippen LogP contribution in [0.5, 0.6) is 0 Å². The predicted octanol–water partition coefficient (Wildman–Crippen LogP) is 1.48. The van der Waals surface area contributed by atoms with Crippen molar-refractivity contribution in [2.75, 3.05) is 35.3 Å². The minimum atomic E-state index is -0.495. The molecule has 0 aromatic heterocycles. The smallest absolute Gasteiger partial charge is 0.221 e. The van der Waals surface area contributed by atoms with Gasteiger partial charge in [-0.1, -0.05) is 12.1 Å². The second-order valence-corrected chi connectivity index (χ2v) is 6.81. The first-order valence-electron chi connectivity index (χ1n) is 9.10. The molecule has 0 bridgehead atoms. The zero-order valence-corrected chi connectivity index (χ0v) is 16.6. The van der Waals surface area contributed by atoms with E-state index in [1.165, 1.54) is 13.8 Å². The van der Waals surface area contributed by atoms with E-state index in [4.69, 9.17) is 27.7 Å². The molecule has 0 aliphatic rings. The minimum Gasteiger partial charge on any atom is -0.399 e. The van der Waals surface area contributed by atoms with Crippen molar-refractivity contribution in [2.45, 2.75) is 25.9 Å². The molecular formula is C20H28N6O3. The Morgan fingerprint density at radius 1 is 0.828 bits per heavy atom. The van der Waals surface area contributed by atoms with Crippen molar-refractivity contribution >= 4 is 34.6 Å². The Morgan fingerprint density at radius 2 is 1.21 bits per heavy atom. The van der Waals surface area contributed by atoms with Gasteiger partial charge in [-0.3, -0.25) is 9.59 Å². The van der Waals surface area contributed by atoms with Gasteiger partial charge < -0.3 is 38.3 Å². The lowest BCUT2D eigenvalue weighted by Gasteiger charge is -2.20. The normalized spacial score (nSPS) is 12.8. The van der Waals surface area contributed by atoms with Crippen LogP contribution in [-0.2, 0) is 14.3 Å². The number of hydrogen-bond acceptors (Lipinski definition) is 7. The molecule has 2 rings (SSSR count). The summed E-state index contributed by atoms with van der Waals surface area (Å²) in [4.78, 5) is 22.8. The molecule has 0 saturated carbocycles. The molecule has 2 unspecified atom stereocenters. The fourth-order valence-electron chi connectivity index (χ4n) is 2.89. The Hall–Kier alpha value is -3.14. The van der Waals surface area contributed by atoms with E-state index in [2.05, 4.69) is 10.6 Å². The van der Waals surface area contributed by atoms with Crippen molar-refractivity contribution in [1.29, 1.82) is 0 Å². The van der Waals surface area contributed by atoms with Crippen LogP contribution >= 0.6 is 0 Å². The molecule has 0 heterocycles. The second-order valence-electron chi connectivity index (χ2n) is 6.81. The maximum absolute atomic E-state index is 11.4. The number of benzene rings is 2. The predicted molar refractivity (Wildman–Crippen MR) is 115 cm³/mol. The van der Waals surface area contributed by atoms with Crippen molar-refractivity contribution in [3.8, 4) is 0 Å². The fraction of sp³-hybridized carbons (Fsp3) is 0.300. The Morgan fingerprint density at radius 3 is 1.55 bits per heavy atom. The molecule has 2 atom stereocenters. The summed E-state index contributed by atoms with van der Waals surface area (Å²) in [7, 11) is 0. The van der Waals surface area contributed by atoms with E-state index in [1.54, 1.807) is 36.4 Å². The zero-order chi connectivity index (χ0) is 21.6. The number of ether oxygens (including phenoxy) is 1. The molecule has 2 amide bonds. The highest BCUT2D eigenvalue weighted by Gasteiger charge is 2.16. The Bertz CT molecular complexity index is 815. The van der Waals surface area contributed by atoms with Crippen LogP contribution in [0.25, 0.3) is 0 Å². The number of nitrogens with two attached hydrogens (primary N) is 4. The lowest BCUT2D eigenvalue weighted by molar-refractivity contribution is -0.115. The highest BCUT2D eigenvalue weighted by molar-refractivity contribution is 5.91. The maximum Gasteiger partial charge on any atom is 0.221 e. The lowest BCUT2D eigenvalue weighted by atomic mass is 10.0. The van der Waals surface area contributed by atoms with Gasteiger partial charge in [0.05, 0.1) is 25.3 Å². The van der Waals surface area contributed by atoms with E-state index in [0.29, 0.717) is 33.9 Å². The molecular weight excluding hydrogens is 372 g/mol. The Kier molecular flexibility index (Phi) is 7.54. The van der Waals surface area contributed by atoms with Crippen LogP contribution in [0.2, 0.25) is 0 Å². The monoisotopic (exact) mass is 400 g/mol. The van der Waals surface area contributed by atoms with E-state index < -0.39 is 12.1 Å². The van der Waals surface area contributed by atoms with Gasteiger partial charge >= 0.3 is 0 Å². The van der Waals surface area contributed by atoms with Crippen LogP contribution in [0.3, 0.4) is 0 Å². The van der Waals surface area contributed by atoms with Gasteiger partial charge in [0.25, 0.3) is 0 Å². The third kappa shape index (κ3) is 6.46. The van der Waals surface area contributed by atoms with E-state index >= 15 is 0 Å². The summed E-state index contributed by atoms with van der Waals surface area (Å²) in [5, 5.41) is 5.44. The molecule has 9 nitrogen and oxygen atoms in total. The van der Waals surface area contributed by atoms with Crippen molar-refractivity contribution < 1.29 is 14.3 Å². The third-order valence-corrected chi connectivity index (χ3v) is 4.17. The quantitative estimate of drug-likeness (QED) is 0.364. The van der Waals surface area contributed by atoms with Gasteiger partial charge in [-0.15, -0.1) is 0 Å². The standard InChI is InChI=1S/C20H28N6O3/c1-11(27)25-19-7-13(21)3-5-15(19)17(23)9-29-10-18(24)16-6-4-14(22)8-20(16)26-12(2)28/h3-8,17-18H,9-10,21-24H2,1-2H3,(H,25,27)(H,26,28). The number of amides is 2. The highest BCUT2D eigenvalue weighted by atomic mass is 16.5. The van der Waals surface area contributed by atoms with Gasteiger partial charge in [-0.2, -0.15) is 0 Å². The molecule has 0 saturated heterocycles. The van der Waals surface area contributed by atoms with Crippen LogP contribution in [-0.4, -0.2) is 25.0 Å². The van der Waals surface area contributed by atoms with Crippen molar-refractivity contribution in [3.05, 3.63) is 47.5 Å². The van der Waals surface area contributed by atoms with Gasteiger partial charge in [0.2, 0.25) is 11.8 Å². The first kappa shape index (κ1) is 22.2. The van der Waals surface area contributed by atoms with Gasteiger partial charge in [0.1, 0.15) is 0 Å². The van der Waals surface area contributed by atoms with Crippen LogP contribution in [0, 0.1) is 0 Å². The molecule has 9 heteroatoms. The number of anilines is 4. The summed E-state index contributed by atoms with van der Waals surface area (Å²) in [6, 6.07) is 9.23. The third-order valence-electron chi connectivity index (χ3n) is 4.17. The maximum atomic E-state index is 11.4. The second kappa shape index (κ2) is 9.87. The SMILES string of the molecule is CC(=O)Nc1cc(N)ccc1C(N)COCC(N)c1ccc(N)cc1NC(C)=O. The topological polar surface area (TPSA) is 172 Å². The summed E-state index contributed by atoms with van der Waals surface area (Å²) in [6.45, 7) is 3.17. The van der Waals surface area contributed by atoms with Crippen LogP contribution in [0.1, 0.15) is 37.1 Å². The first-order valence-corrected chi connectivity index (χ1v) is 9.10. The van der Waals surface area contributed by atoms with Crippen LogP contribution < -0.4 is 33.6 Å². The number of hydrogen-bond donors (Lipinski definition) is 6. The van der Waals surface area contributed by atoms with Gasteiger partial charge in [0.15, 0.2) is 0 Å². The summed E-state index contributed by atoms with van der Waals surface area (Å²) in [6.07, 6.45) is 0. The highest BCUT2D eigenvalue weighted by Crippen LogP contribution is 2.27. The van der Waals surface area contributed by atoms with Gasteiger partial charge in [-0.05, 0) is 35.4 Å². The summed E-state index contributed by atoms with van der Waals surface area (Å²) < 4.78 is 5.71. The minimum absolute atomic E-state index is 0.175. The summed E-state index contributed by atoms with van der Waals surface area (Å²) in [5.74, 6) is -0.443. The number of carbonyl (C=O) groups is 2. The first-order chi connectivity index (χ1) is 13.7. The Labute approximate surface area is 169 Å². The fourth-order valence-corrected chi connectivity index (χ4v) is 2.89. The molecule has 0 aliphatic heterocycles. The van der Waals surface area contributed by atoms with Gasteiger partial charge in [-0.25, -0.2) is 0 Å². The average Bonchev–Trinajstić information content (AvgIpc) is 2.60. The van der Waals surface area contributed by atoms with E-state index in [0.717, 1.165) is 0 Å². The molecule has 0 radical (unpaired) electrons. The largest absolute Gasteiger partial charge is 0.399 e. The molecule has 0 spiro atoms. The molecule has 29 heavy (non-hydrogen) atoms. The Balaban J connectivity index is 2.03.